The lowest BCUT2D eigenvalue weighted by molar-refractivity contribution is -0.245. The summed E-state index contributed by atoms with van der Waals surface area (Å²) in [6, 6.07) is 0. The van der Waals surface area contributed by atoms with Gasteiger partial charge in [-0.2, -0.15) is 0 Å². The summed E-state index contributed by atoms with van der Waals surface area (Å²) >= 11 is 0. The van der Waals surface area contributed by atoms with Crippen molar-refractivity contribution < 1.29 is 34.7 Å². The molecule has 18 heavy (non-hydrogen) atoms. The molecule has 2 heterocycles. The van der Waals surface area contributed by atoms with Crippen LogP contribution >= 0.6 is 0 Å². The molecular formula is C10H16NO7+. The van der Waals surface area contributed by atoms with E-state index in [9.17, 15) is 15.0 Å². The molecule has 2 fully saturated rings. The van der Waals surface area contributed by atoms with Crippen LogP contribution in [0.25, 0.3) is 0 Å². The molecule has 0 spiro atoms. The minimum absolute atomic E-state index is 0.0435. The molecule has 0 radical (unpaired) electrons. The van der Waals surface area contributed by atoms with Gasteiger partial charge in [0.05, 0.1) is 6.61 Å². The third-order valence-corrected chi connectivity index (χ3v) is 3.05. The molecule has 1 amide bonds. The molecule has 2 aliphatic rings. The van der Waals surface area contributed by atoms with Crippen molar-refractivity contribution >= 4 is 5.91 Å². The van der Waals surface area contributed by atoms with Crippen LogP contribution in [0.1, 0.15) is 0 Å². The SMILES string of the molecule is C=C1NC(=O)C(C2O[C@H](CO)[C@@H](O)C(O)C2[OH2+])O1. The Labute approximate surface area is 102 Å². The Hall–Kier alpha value is -1.19. The van der Waals surface area contributed by atoms with Crippen LogP contribution in [0.2, 0.25) is 0 Å². The Bertz CT molecular complexity index is 358. The smallest absolute Gasteiger partial charge is 0.270 e. The first-order chi connectivity index (χ1) is 8.45. The quantitative estimate of drug-likeness (QED) is 0.383. The average molecular weight is 262 g/mol. The van der Waals surface area contributed by atoms with Crippen molar-refractivity contribution in [3.05, 3.63) is 12.5 Å². The zero-order valence-electron chi connectivity index (χ0n) is 9.44. The van der Waals surface area contributed by atoms with Gasteiger partial charge in [0.15, 0.2) is 18.1 Å². The summed E-state index contributed by atoms with van der Waals surface area (Å²) in [6.45, 7) is 2.88. The molecule has 0 bridgehead atoms. The van der Waals surface area contributed by atoms with E-state index in [1.807, 2.05) is 0 Å². The first-order valence-corrected chi connectivity index (χ1v) is 5.45. The number of carbonyl (C=O) groups is 1. The van der Waals surface area contributed by atoms with Gasteiger partial charge in [0, 0.05) is 0 Å². The minimum Gasteiger partial charge on any atom is -0.463 e. The van der Waals surface area contributed by atoms with Crippen LogP contribution in [0, 0.1) is 0 Å². The lowest BCUT2D eigenvalue weighted by Crippen LogP contribution is -2.62. The van der Waals surface area contributed by atoms with Crippen molar-refractivity contribution in [2.75, 3.05) is 6.61 Å². The summed E-state index contributed by atoms with van der Waals surface area (Å²) < 4.78 is 10.3. The number of hydrogen-bond acceptors (Lipinski definition) is 6. The molecule has 6 N–H and O–H groups in total. The first-order valence-electron chi connectivity index (χ1n) is 5.45. The van der Waals surface area contributed by atoms with Gasteiger partial charge in [-0.15, -0.1) is 0 Å². The fourth-order valence-corrected chi connectivity index (χ4v) is 2.07. The second kappa shape index (κ2) is 4.82. The Morgan fingerprint density at radius 2 is 2.06 bits per heavy atom. The number of nitrogens with one attached hydrogen (secondary N) is 1. The van der Waals surface area contributed by atoms with Crippen LogP contribution in [0.5, 0.6) is 0 Å². The molecule has 4 unspecified atom stereocenters. The zero-order chi connectivity index (χ0) is 13.4. The summed E-state index contributed by atoms with van der Waals surface area (Å²) in [5, 5.41) is 38.4. The highest BCUT2D eigenvalue weighted by molar-refractivity contribution is 5.85. The van der Waals surface area contributed by atoms with E-state index in [0.29, 0.717) is 0 Å². The van der Waals surface area contributed by atoms with Gasteiger partial charge in [0.1, 0.15) is 12.2 Å². The van der Waals surface area contributed by atoms with Gasteiger partial charge in [-0.3, -0.25) is 10.1 Å². The number of amides is 1. The van der Waals surface area contributed by atoms with Gasteiger partial charge in [-0.1, -0.05) is 0 Å². The van der Waals surface area contributed by atoms with Crippen LogP contribution in [-0.4, -0.2) is 69.6 Å². The van der Waals surface area contributed by atoms with Crippen LogP contribution < -0.4 is 5.32 Å². The van der Waals surface area contributed by atoms with E-state index < -0.39 is 49.1 Å². The molecule has 0 saturated carbocycles. The number of aliphatic hydroxyl groups is 3. The van der Waals surface area contributed by atoms with Crippen molar-refractivity contribution in [1.29, 1.82) is 0 Å². The summed E-state index contributed by atoms with van der Waals surface area (Å²) in [5.74, 6) is -0.482. The first kappa shape index (κ1) is 13.2. The van der Waals surface area contributed by atoms with Gasteiger partial charge < -0.3 is 29.9 Å². The molecule has 0 aromatic heterocycles. The minimum atomic E-state index is -1.42. The molecule has 8 heteroatoms. The van der Waals surface area contributed by atoms with Gasteiger partial charge in [0.2, 0.25) is 12.2 Å². The molecule has 6 atom stereocenters. The van der Waals surface area contributed by atoms with Crippen LogP contribution in [0.3, 0.4) is 0 Å². The van der Waals surface area contributed by atoms with Gasteiger partial charge in [0.25, 0.3) is 5.91 Å². The summed E-state index contributed by atoms with van der Waals surface area (Å²) in [6.07, 6.45) is -7.31. The predicted molar refractivity (Wildman–Crippen MR) is 57.3 cm³/mol. The van der Waals surface area contributed by atoms with Crippen LogP contribution in [0.15, 0.2) is 12.5 Å². The maximum atomic E-state index is 11.5. The molecule has 0 aliphatic carbocycles. The summed E-state index contributed by atoms with van der Waals surface area (Å²) in [5.41, 5.74) is 0. The molecule has 0 aromatic carbocycles. The van der Waals surface area contributed by atoms with E-state index >= 15 is 0 Å². The van der Waals surface area contributed by atoms with E-state index in [-0.39, 0.29) is 5.88 Å². The molecule has 102 valence electrons. The van der Waals surface area contributed by atoms with Crippen LogP contribution in [-0.2, 0) is 14.3 Å². The maximum absolute atomic E-state index is 11.5. The maximum Gasteiger partial charge on any atom is 0.270 e. The second-order valence-corrected chi connectivity index (χ2v) is 4.28. The molecular weight excluding hydrogens is 246 g/mol. The highest BCUT2D eigenvalue weighted by atomic mass is 16.6. The number of carbonyl (C=O) groups excluding carboxylic acids is 1. The molecule has 2 rings (SSSR count). The number of ether oxygens (including phenoxy) is 2. The van der Waals surface area contributed by atoms with E-state index in [4.69, 9.17) is 19.7 Å². The van der Waals surface area contributed by atoms with E-state index in [1.54, 1.807) is 0 Å². The van der Waals surface area contributed by atoms with Crippen molar-refractivity contribution in [3.63, 3.8) is 0 Å². The van der Waals surface area contributed by atoms with Gasteiger partial charge >= 0.3 is 0 Å². The normalized spacial score (nSPS) is 44.7. The highest BCUT2D eigenvalue weighted by Crippen LogP contribution is 2.27. The lowest BCUT2D eigenvalue weighted by atomic mass is 9.92. The molecule has 8 nitrogen and oxygen atoms in total. The number of aliphatic hydroxyl groups excluding tert-OH is 3. The summed E-state index contributed by atoms with van der Waals surface area (Å²) in [4.78, 5) is 11.5. The molecule has 2 aliphatic heterocycles. The van der Waals surface area contributed by atoms with Crippen molar-refractivity contribution in [3.8, 4) is 0 Å². The molecule has 2 saturated heterocycles. The monoisotopic (exact) mass is 262 g/mol. The van der Waals surface area contributed by atoms with Gasteiger partial charge in [-0.25, -0.2) is 0 Å². The zero-order valence-corrected chi connectivity index (χ0v) is 9.44. The summed E-state index contributed by atoms with van der Waals surface area (Å²) in [7, 11) is 0. The van der Waals surface area contributed by atoms with E-state index in [2.05, 4.69) is 11.9 Å². The number of rotatable bonds is 2. The highest BCUT2D eigenvalue weighted by Gasteiger charge is 2.53. The van der Waals surface area contributed by atoms with E-state index in [0.717, 1.165) is 0 Å². The Kier molecular flexibility index (Phi) is 3.55. The predicted octanol–water partition coefficient (Wildman–Crippen LogP) is -3.45. The standard InChI is InChI=1S/C10H15NO7/c1-3-11-10(16)9(17-3)8-7(15)6(14)5(13)4(2-12)18-8/h4-9,12-15H,1-2H2,(H,11,16)/p+1/t4-,5-,6?,7?,8?,9?/m1/s1. The third-order valence-electron chi connectivity index (χ3n) is 3.05. The van der Waals surface area contributed by atoms with Crippen molar-refractivity contribution in [2.45, 2.75) is 36.6 Å². The fraction of sp³-hybridized carbons (Fsp3) is 0.700. The van der Waals surface area contributed by atoms with Gasteiger partial charge in [-0.05, 0) is 6.58 Å². The lowest BCUT2D eigenvalue weighted by Gasteiger charge is -2.38. The second-order valence-electron chi connectivity index (χ2n) is 4.28. The Balaban J connectivity index is 2.17. The van der Waals surface area contributed by atoms with Crippen molar-refractivity contribution in [1.82, 2.24) is 5.32 Å². The van der Waals surface area contributed by atoms with E-state index in [1.165, 1.54) is 0 Å². The largest absolute Gasteiger partial charge is 0.463 e. The average Bonchev–Trinajstić information content (AvgIpc) is 2.66. The molecule has 0 aromatic rings. The third kappa shape index (κ3) is 2.08. The number of hydrogen-bond donors (Lipinski definition) is 4. The Morgan fingerprint density at radius 3 is 2.56 bits per heavy atom. The van der Waals surface area contributed by atoms with Crippen LogP contribution in [0.4, 0.5) is 0 Å². The fourth-order valence-electron chi connectivity index (χ4n) is 2.07. The van der Waals surface area contributed by atoms with Crippen molar-refractivity contribution in [2.24, 2.45) is 0 Å². The Morgan fingerprint density at radius 1 is 1.39 bits per heavy atom. The topological polar surface area (TPSA) is 131 Å².